The minimum atomic E-state index is -1.00. The molecule has 0 amide bonds. The number of unbranched alkanes of at least 4 members (excludes halogenated alkanes) is 1. The van der Waals surface area contributed by atoms with E-state index in [1.165, 1.54) is 17.7 Å². The Morgan fingerprint density at radius 3 is 2.30 bits per heavy atom. The van der Waals surface area contributed by atoms with Gasteiger partial charge in [0.1, 0.15) is 0 Å². The number of rotatable bonds is 9. The van der Waals surface area contributed by atoms with Crippen molar-refractivity contribution in [3.63, 3.8) is 0 Å². The van der Waals surface area contributed by atoms with Crippen molar-refractivity contribution < 1.29 is 23.0 Å². The molecule has 3 rings (SSSR count). The van der Waals surface area contributed by atoms with E-state index in [0.717, 1.165) is 31.2 Å². The zero-order chi connectivity index (χ0) is 21.3. The SMILES string of the molecule is CC=Cc1ccc(C2CCC(COc3ccc(OCCCC)c(F)c3F)CO2)cc1. The van der Waals surface area contributed by atoms with Crippen LogP contribution in [-0.4, -0.2) is 19.8 Å². The van der Waals surface area contributed by atoms with Crippen LogP contribution in [0.2, 0.25) is 0 Å². The summed E-state index contributed by atoms with van der Waals surface area (Å²) < 4.78 is 45.3. The maximum Gasteiger partial charge on any atom is 0.204 e. The fraction of sp³-hybridized carbons (Fsp3) is 0.440. The van der Waals surface area contributed by atoms with Crippen LogP contribution in [0.5, 0.6) is 11.5 Å². The Morgan fingerprint density at radius 1 is 1.00 bits per heavy atom. The summed E-state index contributed by atoms with van der Waals surface area (Å²) in [4.78, 5) is 0. The molecule has 1 fully saturated rings. The van der Waals surface area contributed by atoms with E-state index in [-0.39, 0.29) is 23.5 Å². The summed E-state index contributed by atoms with van der Waals surface area (Å²) in [7, 11) is 0. The molecule has 1 aliphatic rings. The molecule has 0 saturated carbocycles. The molecule has 1 heterocycles. The highest BCUT2D eigenvalue weighted by Gasteiger charge is 2.24. The average molecular weight is 417 g/mol. The molecular weight excluding hydrogens is 386 g/mol. The highest BCUT2D eigenvalue weighted by atomic mass is 19.2. The van der Waals surface area contributed by atoms with Crippen LogP contribution >= 0.6 is 0 Å². The van der Waals surface area contributed by atoms with Gasteiger partial charge in [0.15, 0.2) is 11.5 Å². The van der Waals surface area contributed by atoms with Gasteiger partial charge in [-0.3, -0.25) is 0 Å². The summed E-state index contributed by atoms with van der Waals surface area (Å²) in [5.41, 5.74) is 2.33. The smallest absolute Gasteiger partial charge is 0.204 e. The van der Waals surface area contributed by atoms with Gasteiger partial charge < -0.3 is 14.2 Å². The van der Waals surface area contributed by atoms with Crippen LogP contribution in [0.25, 0.3) is 6.08 Å². The van der Waals surface area contributed by atoms with E-state index < -0.39 is 11.6 Å². The van der Waals surface area contributed by atoms with Crippen LogP contribution in [0.3, 0.4) is 0 Å². The van der Waals surface area contributed by atoms with E-state index in [4.69, 9.17) is 14.2 Å². The summed E-state index contributed by atoms with van der Waals surface area (Å²) in [6, 6.07) is 11.2. The van der Waals surface area contributed by atoms with Crippen molar-refractivity contribution in [3.05, 3.63) is 65.2 Å². The lowest BCUT2D eigenvalue weighted by Gasteiger charge is -2.29. The van der Waals surface area contributed by atoms with E-state index >= 15 is 0 Å². The van der Waals surface area contributed by atoms with Gasteiger partial charge in [0.25, 0.3) is 0 Å². The van der Waals surface area contributed by atoms with Crippen LogP contribution in [0.15, 0.2) is 42.5 Å². The number of ether oxygens (including phenoxy) is 3. The normalized spacial score (nSPS) is 19.2. The van der Waals surface area contributed by atoms with Gasteiger partial charge in [-0.05, 0) is 49.4 Å². The fourth-order valence-corrected chi connectivity index (χ4v) is 3.49. The van der Waals surface area contributed by atoms with E-state index in [9.17, 15) is 8.78 Å². The third kappa shape index (κ3) is 5.82. The topological polar surface area (TPSA) is 27.7 Å². The quantitative estimate of drug-likeness (QED) is 0.425. The first-order chi connectivity index (χ1) is 14.6. The first kappa shape index (κ1) is 22.3. The van der Waals surface area contributed by atoms with Gasteiger partial charge in [0.2, 0.25) is 11.6 Å². The molecule has 3 nitrogen and oxygen atoms in total. The zero-order valence-corrected chi connectivity index (χ0v) is 17.7. The molecule has 162 valence electrons. The summed E-state index contributed by atoms with van der Waals surface area (Å²) in [6.07, 6.45) is 7.64. The van der Waals surface area contributed by atoms with Crippen molar-refractivity contribution in [2.24, 2.45) is 5.92 Å². The molecule has 0 aliphatic carbocycles. The van der Waals surface area contributed by atoms with Crippen LogP contribution in [0.1, 0.15) is 56.8 Å². The molecule has 0 radical (unpaired) electrons. The zero-order valence-electron chi connectivity index (χ0n) is 17.7. The Labute approximate surface area is 177 Å². The van der Waals surface area contributed by atoms with Crippen molar-refractivity contribution in [1.82, 2.24) is 0 Å². The predicted octanol–water partition coefficient (Wildman–Crippen LogP) is 6.72. The highest BCUT2D eigenvalue weighted by molar-refractivity contribution is 5.49. The monoisotopic (exact) mass is 416 g/mol. The van der Waals surface area contributed by atoms with Crippen molar-refractivity contribution in [1.29, 1.82) is 0 Å². The van der Waals surface area contributed by atoms with Crippen molar-refractivity contribution in [2.75, 3.05) is 19.8 Å². The standard InChI is InChI=1S/C25H30F2O3/c1-3-5-15-28-22-13-14-23(25(27)24(22)26)30-17-19-9-12-21(29-16-19)20-10-7-18(6-4-2)8-11-20/h4,6-8,10-11,13-14,19,21H,3,5,9,12,15-17H2,1-2H3. The highest BCUT2D eigenvalue weighted by Crippen LogP contribution is 2.32. The van der Waals surface area contributed by atoms with Crippen LogP contribution in [0.4, 0.5) is 8.78 Å². The first-order valence-electron chi connectivity index (χ1n) is 10.7. The second-order valence-electron chi connectivity index (χ2n) is 7.63. The summed E-state index contributed by atoms with van der Waals surface area (Å²) >= 11 is 0. The second kappa shape index (κ2) is 11.1. The fourth-order valence-electron chi connectivity index (χ4n) is 3.49. The van der Waals surface area contributed by atoms with Gasteiger partial charge in [0, 0.05) is 5.92 Å². The minimum absolute atomic E-state index is 0.0645. The molecule has 1 saturated heterocycles. The largest absolute Gasteiger partial charge is 0.490 e. The Morgan fingerprint density at radius 2 is 1.70 bits per heavy atom. The van der Waals surface area contributed by atoms with E-state index in [1.807, 2.05) is 19.9 Å². The molecule has 0 bridgehead atoms. The lowest BCUT2D eigenvalue weighted by Crippen LogP contribution is -2.25. The molecule has 30 heavy (non-hydrogen) atoms. The number of hydrogen-bond donors (Lipinski definition) is 0. The maximum absolute atomic E-state index is 14.3. The van der Waals surface area contributed by atoms with Gasteiger partial charge in [-0.1, -0.05) is 49.8 Å². The lowest BCUT2D eigenvalue weighted by molar-refractivity contribution is -0.0289. The number of benzene rings is 2. The molecule has 1 aliphatic heterocycles. The minimum Gasteiger partial charge on any atom is -0.490 e. The van der Waals surface area contributed by atoms with Gasteiger partial charge in [-0.15, -0.1) is 0 Å². The Balaban J connectivity index is 1.49. The summed E-state index contributed by atoms with van der Waals surface area (Å²) in [5, 5.41) is 0. The molecule has 2 unspecified atom stereocenters. The van der Waals surface area contributed by atoms with Gasteiger partial charge in [-0.2, -0.15) is 8.78 Å². The van der Waals surface area contributed by atoms with Crippen molar-refractivity contribution in [3.8, 4) is 11.5 Å². The summed E-state index contributed by atoms with van der Waals surface area (Å²) in [5.74, 6) is -2.01. The summed E-state index contributed by atoms with van der Waals surface area (Å²) in [6.45, 7) is 5.19. The molecule has 2 atom stereocenters. The first-order valence-corrected chi connectivity index (χ1v) is 10.7. The molecule has 2 aromatic rings. The van der Waals surface area contributed by atoms with Crippen LogP contribution < -0.4 is 9.47 Å². The molecule has 0 N–H and O–H groups in total. The maximum atomic E-state index is 14.3. The Bertz CT molecular complexity index is 825. The molecule has 5 heteroatoms. The Hall–Kier alpha value is -2.40. The van der Waals surface area contributed by atoms with Crippen molar-refractivity contribution in [2.45, 2.75) is 45.6 Å². The van der Waals surface area contributed by atoms with E-state index in [0.29, 0.717) is 19.8 Å². The average Bonchev–Trinajstić information content (AvgIpc) is 2.77. The third-order valence-electron chi connectivity index (χ3n) is 5.28. The third-order valence-corrected chi connectivity index (χ3v) is 5.28. The predicted molar refractivity (Wildman–Crippen MR) is 115 cm³/mol. The number of allylic oxidation sites excluding steroid dienone is 1. The number of hydrogen-bond acceptors (Lipinski definition) is 3. The number of halogens is 2. The Kier molecular flexibility index (Phi) is 8.26. The molecular formula is C25H30F2O3. The van der Waals surface area contributed by atoms with Crippen LogP contribution in [0, 0.1) is 17.6 Å². The second-order valence-corrected chi connectivity index (χ2v) is 7.63. The molecule has 0 aromatic heterocycles. The van der Waals surface area contributed by atoms with Gasteiger partial charge in [0.05, 0.1) is 25.9 Å². The van der Waals surface area contributed by atoms with Gasteiger partial charge >= 0.3 is 0 Å². The van der Waals surface area contributed by atoms with E-state index in [2.05, 4.69) is 30.3 Å². The molecule has 2 aromatic carbocycles. The lowest BCUT2D eigenvalue weighted by atomic mass is 9.94. The molecule has 0 spiro atoms. The van der Waals surface area contributed by atoms with Crippen molar-refractivity contribution >= 4 is 6.08 Å². The van der Waals surface area contributed by atoms with Crippen LogP contribution in [-0.2, 0) is 4.74 Å². The van der Waals surface area contributed by atoms with E-state index in [1.54, 1.807) is 0 Å². The van der Waals surface area contributed by atoms with Gasteiger partial charge in [-0.25, -0.2) is 0 Å².